The summed E-state index contributed by atoms with van der Waals surface area (Å²) in [6, 6.07) is 4.36. The molecule has 0 aromatic heterocycles. The Morgan fingerprint density at radius 3 is 2.42 bits per heavy atom. The highest BCUT2D eigenvalue weighted by atomic mass is 16.5. The van der Waals surface area contributed by atoms with E-state index in [1.165, 1.54) is 23.1 Å². The van der Waals surface area contributed by atoms with Gasteiger partial charge >= 0.3 is 5.97 Å². The van der Waals surface area contributed by atoms with Crippen LogP contribution < -0.4 is 9.64 Å². The molecule has 2 aliphatic heterocycles. The fourth-order valence-electron chi connectivity index (χ4n) is 3.41. The molecule has 1 aromatic rings. The lowest BCUT2D eigenvalue weighted by Crippen LogP contribution is -2.55. The second-order valence-corrected chi connectivity index (χ2v) is 7.29. The van der Waals surface area contributed by atoms with Crippen molar-refractivity contribution in [2.45, 2.75) is 45.1 Å². The molecule has 0 atom stereocenters. The predicted octanol–water partition coefficient (Wildman–Crippen LogP) is 2.29. The first-order valence-electron chi connectivity index (χ1n) is 8.96. The van der Waals surface area contributed by atoms with E-state index < -0.39 is 11.6 Å². The molecule has 1 aromatic carbocycles. The molecule has 7 nitrogen and oxygen atoms in total. The molecule has 0 aliphatic carbocycles. The molecule has 0 radical (unpaired) electrons. The Bertz CT molecular complexity index is 735. The Balaban J connectivity index is 1.91. The van der Waals surface area contributed by atoms with E-state index in [0.29, 0.717) is 24.5 Å². The minimum atomic E-state index is -1.11. The number of hydrogen-bond donors (Lipinski definition) is 1. The fraction of sp³-hybridized carbons (Fsp3) is 0.526. The van der Waals surface area contributed by atoms with E-state index in [1.54, 1.807) is 18.7 Å². The molecule has 0 spiro atoms. The average Bonchev–Trinajstić information content (AvgIpc) is 2.87. The molecule has 1 saturated heterocycles. The third-order valence-electron chi connectivity index (χ3n) is 4.87. The lowest BCUT2D eigenvalue weighted by Gasteiger charge is -2.39. The van der Waals surface area contributed by atoms with E-state index in [0.717, 1.165) is 25.7 Å². The first-order valence-corrected chi connectivity index (χ1v) is 8.96. The van der Waals surface area contributed by atoms with E-state index in [1.807, 2.05) is 0 Å². The summed E-state index contributed by atoms with van der Waals surface area (Å²) in [4.78, 5) is 40.1. The zero-order chi connectivity index (χ0) is 18.9. The standard InChI is InChI=1S/C19H24N2O5/c1-19(2)18(25)21(12-16(22)20-9-5-3-4-6-10-20)14-11-13(17(23)24)7-8-15(14)26-19/h7-8,11H,3-6,9-10,12H2,1-2H3,(H,23,24). The predicted molar refractivity (Wildman–Crippen MR) is 95.5 cm³/mol. The molecular weight excluding hydrogens is 336 g/mol. The van der Waals surface area contributed by atoms with Crippen LogP contribution in [0.5, 0.6) is 5.75 Å². The summed E-state index contributed by atoms with van der Waals surface area (Å²) in [5.41, 5.74) is -0.735. The summed E-state index contributed by atoms with van der Waals surface area (Å²) < 4.78 is 5.73. The number of amides is 2. The number of likely N-dealkylation sites (tertiary alicyclic amines) is 1. The van der Waals surface area contributed by atoms with Crippen molar-refractivity contribution in [3.8, 4) is 5.75 Å². The maximum Gasteiger partial charge on any atom is 0.335 e. The lowest BCUT2D eigenvalue weighted by atomic mass is 10.0. The molecule has 0 bridgehead atoms. The normalized spacial score (nSPS) is 19.4. The van der Waals surface area contributed by atoms with E-state index in [4.69, 9.17) is 4.74 Å². The summed E-state index contributed by atoms with van der Waals surface area (Å²) >= 11 is 0. The van der Waals surface area contributed by atoms with Crippen LogP contribution in [0.3, 0.4) is 0 Å². The molecular formula is C19H24N2O5. The quantitative estimate of drug-likeness (QED) is 0.894. The highest BCUT2D eigenvalue weighted by molar-refractivity contribution is 6.06. The second kappa shape index (κ2) is 6.97. The van der Waals surface area contributed by atoms with Crippen molar-refractivity contribution in [1.82, 2.24) is 4.90 Å². The Hall–Kier alpha value is -2.57. The van der Waals surface area contributed by atoms with Crippen LogP contribution in [-0.4, -0.2) is 53.0 Å². The number of fused-ring (bicyclic) bond motifs is 1. The first kappa shape index (κ1) is 18.2. The number of carbonyl (C=O) groups excluding carboxylic acids is 2. The average molecular weight is 360 g/mol. The van der Waals surface area contributed by atoms with Crippen LogP contribution in [0, 0.1) is 0 Å². The van der Waals surface area contributed by atoms with Gasteiger partial charge in [0, 0.05) is 13.1 Å². The Morgan fingerprint density at radius 1 is 1.15 bits per heavy atom. The van der Waals surface area contributed by atoms with Crippen LogP contribution >= 0.6 is 0 Å². The molecule has 2 heterocycles. The lowest BCUT2D eigenvalue weighted by molar-refractivity contribution is -0.136. The van der Waals surface area contributed by atoms with Crippen LogP contribution in [-0.2, 0) is 9.59 Å². The van der Waals surface area contributed by atoms with E-state index in [-0.39, 0.29) is 23.9 Å². The van der Waals surface area contributed by atoms with Gasteiger partial charge in [-0.2, -0.15) is 0 Å². The Labute approximate surface area is 152 Å². The summed E-state index contributed by atoms with van der Waals surface area (Å²) in [6.07, 6.45) is 4.15. The van der Waals surface area contributed by atoms with Crippen molar-refractivity contribution in [2.75, 3.05) is 24.5 Å². The molecule has 1 N–H and O–H groups in total. The Kier molecular flexibility index (Phi) is 4.89. The smallest absolute Gasteiger partial charge is 0.335 e. The third-order valence-corrected chi connectivity index (χ3v) is 4.87. The number of rotatable bonds is 3. The van der Waals surface area contributed by atoms with Gasteiger partial charge in [-0.15, -0.1) is 0 Å². The van der Waals surface area contributed by atoms with E-state index in [9.17, 15) is 19.5 Å². The monoisotopic (exact) mass is 360 g/mol. The van der Waals surface area contributed by atoms with Crippen LogP contribution in [0.25, 0.3) is 0 Å². The molecule has 3 rings (SSSR count). The SMILES string of the molecule is CC1(C)Oc2ccc(C(=O)O)cc2N(CC(=O)N2CCCCCC2)C1=O. The van der Waals surface area contributed by atoms with Crippen LogP contribution in [0.1, 0.15) is 49.9 Å². The third kappa shape index (κ3) is 3.52. The minimum absolute atomic E-state index is 0.0482. The van der Waals surface area contributed by atoms with E-state index in [2.05, 4.69) is 0 Å². The largest absolute Gasteiger partial charge is 0.478 e. The van der Waals surface area contributed by atoms with Crippen molar-refractivity contribution in [2.24, 2.45) is 0 Å². The zero-order valence-corrected chi connectivity index (χ0v) is 15.2. The van der Waals surface area contributed by atoms with Gasteiger partial charge < -0.3 is 14.7 Å². The highest BCUT2D eigenvalue weighted by Crippen LogP contribution is 2.38. The molecule has 140 valence electrons. The van der Waals surface area contributed by atoms with Gasteiger partial charge in [0.1, 0.15) is 12.3 Å². The maximum atomic E-state index is 12.9. The van der Waals surface area contributed by atoms with Crippen LogP contribution in [0.4, 0.5) is 5.69 Å². The van der Waals surface area contributed by atoms with Gasteiger partial charge in [0.2, 0.25) is 5.91 Å². The summed E-state index contributed by atoms with van der Waals surface area (Å²) in [5.74, 6) is -1.16. The number of carboxylic acids is 1. The van der Waals surface area contributed by atoms with Crippen molar-refractivity contribution >= 4 is 23.5 Å². The van der Waals surface area contributed by atoms with Gasteiger partial charge in [0.25, 0.3) is 5.91 Å². The van der Waals surface area contributed by atoms with Crippen molar-refractivity contribution in [3.05, 3.63) is 23.8 Å². The number of carboxylic acid groups (broad SMARTS) is 1. The number of anilines is 1. The number of ether oxygens (including phenoxy) is 1. The first-order chi connectivity index (χ1) is 12.3. The van der Waals surface area contributed by atoms with Crippen LogP contribution in [0.2, 0.25) is 0 Å². The van der Waals surface area contributed by atoms with Gasteiger partial charge in [0.05, 0.1) is 11.3 Å². The van der Waals surface area contributed by atoms with Crippen LogP contribution in [0.15, 0.2) is 18.2 Å². The molecule has 26 heavy (non-hydrogen) atoms. The van der Waals surface area contributed by atoms with E-state index >= 15 is 0 Å². The molecule has 2 aliphatic rings. The Morgan fingerprint density at radius 2 is 1.81 bits per heavy atom. The molecule has 1 fully saturated rings. The second-order valence-electron chi connectivity index (χ2n) is 7.29. The highest BCUT2D eigenvalue weighted by Gasteiger charge is 2.42. The maximum absolute atomic E-state index is 12.9. The number of carbonyl (C=O) groups is 3. The van der Waals surface area contributed by atoms with Crippen molar-refractivity contribution < 1.29 is 24.2 Å². The topological polar surface area (TPSA) is 87.2 Å². The molecule has 0 unspecified atom stereocenters. The molecule has 2 amide bonds. The van der Waals surface area contributed by atoms with Crippen molar-refractivity contribution in [1.29, 1.82) is 0 Å². The van der Waals surface area contributed by atoms with Gasteiger partial charge in [-0.25, -0.2) is 4.79 Å². The van der Waals surface area contributed by atoms with Crippen molar-refractivity contribution in [3.63, 3.8) is 0 Å². The minimum Gasteiger partial charge on any atom is -0.478 e. The van der Waals surface area contributed by atoms with Gasteiger partial charge in [-0.3, -0.25) is 14.5 Å². The number of aromatic carboxylic acids is 1. The zero-order valence-electron chi connectivity index (χ0n) is 15.2. The van der Waals surface area contributed by atoms with Gasteiger partial charge in [0.15, 0.2) is 5.60 Å². The number of nitrogens with zero attached hydrogens (tertiary/aromatic N) is 2. The fourth-order valence-corrected chi connectivity index (χ4v) is 3.41. The van der Waals surface area contributed by atoms with Gasteiger partial charge in [-0.1, -0.05) is 12.8 Å². The van der Waals surface area contributed by atoms with Gasteiger partial charge in [-0.05, 0) is 44.9 Å². The molecule has 0 saturated carbocycles. The summed E-state index contributed by atoms with van der Waals surface area (Å²) in [6.45, 7) is 4.58. The number of hydrogen-bond acceptors (Lipinski definition) is 4. The molecule has 7 heteroatoms. The number of benzene rings is 1. The summed E-state index contributed by atoms with van der Waals surface area (Å²) in [5, 5.41) is 9.24. The summed E-state index contributed by atoms with van der Waals surface area (Å²) in [7, 11) is 0.